The zero-order chi connectivity index (χ0) is 22.2. The van der Waals surface area contributed by atoms with Gasteiger partial charge < -0.3 is 10.2 Å². The molecule has 2 amide bonds. The molecule has 0 aliphatic carbocycles. The van der Waals surface area contributed by atoms with Crippen molar-refractivity contribution in [1.29, 1.82) is 0 Å². The predicted molar refractivity (Wildman–Crippen MR) is 123 cm³/mol. The molecule has 1 spiro atoms. The van der Waals surface area contributed by atoms with Crippen LogP contribution < -0.4 is 5.32 Å². The number of benzene rings is 1. The largest absolute Gasteiger partial charge is 0.356 e. The highest BCUT2D eigenvalue weighted by atomic mass is 32.1. The number of carbonyl (C=O) groups excluding carboxylic acids is 2. The SMILES string of the molecule is Cc1nc(C)c(C(=O)N2CC3(CN(Cc4ccccc4)CC3C(=O)NCC(C)C)C2)s1. The van der Waals surface area contributed by atoms with E-state index in [1.165, 1.54) is 16.9 Å². The van der Waals surface area contributed by atoms with E-state index in [0.29, 0.717) is 25.6 Å². The molecule has 3 heterocycles. The fourth-order valence-electron chi connectivity index (χ4n) is 4.87. The van der Waals surface area contributed by atoms with E-state index in [4.69, 9.17) is 0 Å². The summed E-state index contributed by atoms with van der Waals surface area (Å²) in [6.45, 7) is 12.4. The number of nitrogens with one attached hydrogen (secondary N) is 1. The lowest BCUT2D eigenvalue weighted by atomic mass is 9.71. The summed E-state index contributed by atoms with van der Waals surface area (Å²) in [5.74, 6) is 0.500. The number of aromatic nitrogens is 1. The van der Waals surface area contributed by atoms with Gasteiger partial charge in [-0.1, -0.05) is 44.2 Å². The van der Waals surface area contributed by atoms with Gasteiger partial charge in [-0.05, 0) is 25.3 Å². The lowest BCUT2D eigenvalue weighted by Gasteiger charge is -2.50. The van der Waals surface area contributed by atoms with Gasteiger partial charge in [-0.25, -0.2) is 4.98 Å². The molecule has 0 radical (unpaired) electrons. The minimum absolute atomic E-state index is 0.0524. The van der Waals surface area contributed by atoms with Crippen molar-refractivity contribution in [1.82, 2.24) is 20.1 Å². The second kappa shape index (κ2) is 8.71. The van der Waals surface area contributed by atoms with Gasteiger partial charge in [0.1, 0.15) is 4.88 Å². The summed E-state index contributed by atoms with van der Waals surface area (Å²) in [7, 11) is 0. The van der Waals surface area contributed by atoms with Crippen LogP contribution >= 0.6 is 11.3 Å². The summed E-state index contributed by atoms with van der Waals surface area (Å²) in [6.07, 6.45) is 0. The molecule has 2 fully saturated rings. The van der Waals surface area contributed by atoms with Crippen molar-refractivity contribution in [2.75, 3.05) is 32.7 Å². The number of hydrogen-bond donors (Lipinski definition) is 1. The fourth-order valence-corrected chi connectivity index (χ4v) is 5.76. The fraction of sp³-hybridized carbons (Fsp3) is 0.542. The number of thiazole rings is 1. The Labute approximate surface area is 188 Å². The van der Waals surface area contributed by atoms with Crippen LogP contribution in [0.4, 0.5) is 0 Å². The van der Waals surface area contributed by atoms with E-state index in [1.807, 2.05) is 24.8 Å². The summed E-state index contributed by atoms with van der Waals surface area (Å²) < 4.78 is 0. The number of aryl methyl sites for hydroxylation is 2. The quantitative estimate of drug-likeness (QED) is 0.750. The van der Waals surface area contributed by atoms with Crippen molar-refractivity contribution in [3.63, 3.8) is 0 Å². The third kappa shape index (κ3) is 4.53. The number of rotatable bonds is 6. The second-order valence-corrected chi connectivity index (χ2v) is 10.7. The molecule has 2 aliphatic heterocycles. The van der Waals surface area contributed by atoms with Gasteiger partial charge in [0.15, 0.2) is 0 Å². The minimum atomic E-state index is -0.168. The first-order valence-corrected chi connectivity index (χ1v) is 11.9. The molecule has 2 aliphatic rings. The van der Waals surface area contributed by atoms with E-state index in [9.17, 15) is 9.59 Å². The van der Waals surface area contributed by atoms with Gasteiger partial charge in [-0.15, -0.1) is 11.3 Å². The summed E-state index contributed by atoms with van der Waals surface area (Å²) in [5.41, 5.74) is 1.89. The van der Waals surface area contributed by atoms with Gasteiger partial charge in [-0.2, -0.15) is 0 Å². The van der Waals surface area contributed by atoms with Crippen LogP contribution in [0.2, 0.25) is 0 Å². The van der Waals surface area contributed by atoms with Crippen molar-refractivity contribution >= 4 is 23.2 Å². The van der Waals surface area contributed by atoms with E-state index < -0.39 is 0 Å². The Morgan fingerprint density at radius 1 is 1.19 bits per heavy atom. The van der Waals surface area contributed by atoms with Crippen LogP contribution in [0.3, 0.4) is 0 Å². The monoisotopic (exact) mass is 440 g/mol. The molecule has 1 atom stereocenters. The molecule has 0 bridgehead atoms. The number of hydrogen-bond acceptors (Lipinski definition) is 5. The average molecular weight is 441 g/mol. The molecule has 1 unspecified atom stereocenters. The molecule has 0 saturated carbocycles. The Morgan fingerprint density at radius 3 is 2.52 bits per heavy atom. The normalized spacial score (nSPS) is 20.3. The van der Waals surface area contributed by atoms with Gasteiger partial charge in [-0.3, -0.25) is 14.5 Å². The maximum atomic E-state index is 13.1. The zero-order valence-electron chi connectivity index (χ0n) is 18.9. The minimum Gasteiger partial charge on any atom is -0.356 e. The van der Waals surface area contributed by atoms with Crippen molar-refractivity contribution in [2.45, 2.75) is 34.2 Å². The predicted octanol–water partition coefficient (Wildman–Crippen LogP) is 3.11. The van der Waals surface area contributed by atoms with E-state index in [-0.39, 0.29) is 23.1 Å². The van der Waals surface area contributed by atoms with Crippen LogP contribution in [-0.2, 0) is 11.3 Å². The van der Waals surface area contributed by atoms with Crippen LogP contribution in [0, 0.1) is 31.1 Å². The van der Waals surface area contributed by atoms with E-state index in [1.54, 1.807) is 0 Å². The number of nitrogens with zero attached hydrogens (tertiary/aromatic N) is 3. The van der Waals surface area contributed by atoms with Crippen molar-refractivity contribution in [2.24, 2.45) is 17.3 Å². The summed E-state index contributed by atoms with van der Waals surface area (Å²) in [5, 5.41) is 4.06. The van der Waals surface area contributed by atoms with Gasteiger partial charge in [0.05, 0.1) is 16.6 Å². The number of likely N-dealkylation sites (tertiary alicyclic amines) is 2. The lowest BCUT2D eigenvalue weighted by molar-refractivity contribution is -0.131. The van der Waals surface area contributed by atoms with E-state index >= 15 is 0 Å². The molecule has 1 aromatic heterocycles. The zero-order valence-corrected chi connectivity index (χ0v) is 19.7. The first kappa shape index (κ1) is 22.0. The molecule has 7 heteroatoms. The molecule has 1 N–H and O–H groups in total. The van der Waals surface area contributed by atoms with Gasteiger partial charge in [0.2, 0.25) is 5.91 Å². The Bertz CT molecular complexity index is 950. The average Bonchev–Trinajstić information content (AvgIpc) is 3.25. The summed E-state index contributed by atoms with van der Waals surface area (Å²) >= 11 is 1.46. The topological polar surface area (TPSA) is 65.5 Å². The van der Waals surface area contributed by atoms with Gasteiger partial charge >= 0.3 is 0 Å². The van der Waals surface area contributed by atoms with Crippen molar-refractivity contribution < 1.29 is 9.59 Å². The van der Waals surface area contributed by atoms with Crippen LogP contribution in [0.15, 0.2) is 30.3 Å². The molecule has 1 aromatic carbocycles. The highest BCUT2D eigenvalue weighted by Crippen LogP contribution is 2.45. The highest BCUT2D eigenvalue weighted by Gasteiger charge is 2.57. The first-order valence-electron chi connectivity index (χ1n) is 11.0. The van der Waals surface area contributed by atoms with Gasteiger partial charge in [0, 0.05) is 44.7 Å². The smallest absolute Gasteiger partial charge is 0.265 e. The Morgan fingerprint density at radius 2 is 1.90 bits per heavy atom. The Balaban J connectivity index is 1.48. The molecular formula is C24H32N4O2S. The molecule has 2 aromatic rings. The molecule has 6 nitrogen and oxygen atoms in total. The second-order valence-electron chi connectivity index (χ2n) is 9.52. The first-order chi connectivity index (χ1) is 14.8. The maximum Gasteiger partial charge on any atom is 0.265 e. The van der Waals surface area contributed by atoms with Crippen LogP contribution in [-0.4, -0.2) is 59.3 Å². The van der Waals surface area contributed by atoms with Crippen molar-refractivity contribution in [3.05, 3.63) is 51.5 Å². The molecule has 2 saturated heterocycles. The highest BCUT2D eigenvalue weighted by molar-refractivity contribution is 7.13. The standard InChI is InChI=1S/C24H32N4O2S/c1-16(2)10-25-22(29)20-12-27(11-19-8-6-5-7-9-19)13-24(20)14-28(15-24)23(30)21-17(3)26-18(4)31-21/h5-9,16,20H,10-15H2,1-4H3,(H,25,29). The number of carbonyl (C=O) groups is 2. The van der Waals surface area contributed by atoms with Gasteiger partial charge in [0.25, 0.3) is 5.91 Å². The molecule has 31 heavy (non-hydrogen) atoms. The Kier molecular flexibility index (Phi) is 6.17. The maximum absolute atomic E-state index is 13.1. The van der Waals surface area contributed by atoms with E-state index in [2.05, 4.69) is 53.3 Å². The third-order valence-corrected chi connectivity index (χ3v) is 7.43. The Hall–Kier alpha value is -2.25. The molecule has 4 rings (SSSR count). The summed E-state index contributed by atoms with van der Waals surface area (Å²) in [6, 6.07) is 10.4. The van der Waals surface area contributed by atoms with Crippen LogP contribution in [0.5, 0.6) is 0 Å². The summed E-state index contributed by atoms with van der Waals surface area (Å²) in [4.78, 5) is 35.6. The molecular weight excluding hydrogens is 408 g/mol. The van der Waals surface area contributed by atoms with Crippen molar-refractivity contribution in [3.8, 4) is 0 Å². The lowest BCUT2D eigenvalue weighted by Crippen LogP contribution is -2.64. The van der Waals surface area contributed by atoms with E-state index in [0.717, 1.165) is 35.2 Å². The third-order valence-electron chi connectivity index (χ3n) is 6.37. The van der Waals surface area contributed by atoms with Crippen LogP contribution in [0.25, 0.3) is 0 Å². The molecule has 166 valence electrons. The number of amides is 2. The van der Waals surface area contributed by atoms with Crippen LogP contribution in [0.1, 0.15) is 39.8 Å².